The largest absolute Gasteiger partial charge is 0.454 e. The summed E-state index contributed by atoms with van der Waals surface area (Å²) in [5.41, 5.74) is 1.48. The van der Waals surface area contributed by atoms with E-state index < -0.39 is 12.7 Å². The number of hydrogen-bond acceptors (Lipinski definition) is 9. The number of aliphatic hydroxyl groups is 1. The van der Waals surface area contributed by atoms with Crippen LogP contribution in [0.1, 0.15) is 5.56 Å². The number of thioether (sulfide) groups is 1. The Kier molecular flexibility index (Phi) is 6.85. The molecule has 0 unspecified atom stereocenters. The number of fused-ring (bicyclic) bond motifs is 1. The molecule has 1 N–H and O–H groups in total. The highest BCUT2D eigenvalue weighted by molar-refractivity contribution is 7.99. The second-order valence-electron chi connectivity index (χ2n) is 6.44. The van der Waals surface area contributed by atoms with Gasteiger partial charge in [-0.25, -0.2) is 0 Å². The second-order valence-corrected chi connectivity index (χ2v) is 7.41. The Balaban J connectivity index is 1.21. The lowest BCUT2D eigenvalue weighted by molar-refractivity contribution is -0.0498. The standard InChI is InChI=1S/C20H18F2N2O6S/c21-19(22)29-15-4-2-13(3-5-15)18-23-24-20(30-18)31-10-14(25)9-26-8-12-1-6-16-17(7-12)28-11-27-16/h1-7,14,19,25H,8-11H2/t14-/m0/s1. The van der Waals surface area contributed by atoms with Gasteiger partial charge in [-0.15, -0.1) is 10.2 Å². The minimum atomic E-state index is -2.88. The zero-order valence-corrected chi connectivity index (χ0v) is 16.9. The smallest absolute Gasteiger partial charge is 0.387 e. The number of nitrogens with zero attached hydrogens (tertiary/aromatic N) is 2. The first-order valence-corrected chi connectivity index (χ1v) is 10.2. The molecule has 0 aliphatic carbocycles. The molecule has 2 heterocycles. The summed E-state index contributed by atoms with van der Waals surface area (Å²) in [6.07, 6.45) is -0.736. The van der Waals surface area contributed by atoms with Crippen LogP contribution in [0.15, 0.2) is 52.1 Å². The summed E-state index contributed by atoms with van der Waals surface area (Å²) in [7, 11) is 0. The third-order valence-electron chi connectivity index (χ3n) is 4.15. The van der Waals surface area contributed by atoms with Gasteiger partial charge in [-0.05, 0) is 42.0 Å². The van der Waals surface area contributed by atoms with Crippen LogP contribution in [0.2, 0.25) is 0 Å². The van der Waals surface area contributed by atoms with E-state index in [-0.39, 0.29) is 30.3 Å². The van der Waals surface area contributed by atoms with Crippen molar-refractivity contribution in [3.05, 3.63) is 48.0 Å². The van der Waals surface area contributed by atoms with Crippen molar-refractivity contribution in [2.24, 2.45) is 0 Å². The van der Waals surface area contributed by atoms with Gasteiger partial charge in [0, 0.05) is 11.3 Å². The van der Waals surface area contributed by atoms with E-state index in [4.69, 9.17) is 18.6 Å². The number of ether oxygens (including phenoxy) is 4. The molecule has 1 aliphatic heterocycles. The normalized spacial score (nSPS) is 13.5. The van der Waals surface area contributed by atoms with Gasteiger partial charge in [-0.3, -0.25) is 0 Å². The van der Waals surface area contributed by atoms with Crippen molar-refractivity contribution in [3.63, 3.8) is 0 Å². The maximum atomic E-state index is 12.2. The topological polar surface area (TPSA) is 96.1 Å². The molecule has 1 aromatic heterocycles. The van der Waals surface area contributed by atoms with Gasteiger partial charge in [0.15, 0.2) is 11.5 Å². The van der Waals surface area contributed by atoms with Crippen molar-refractivity contribution in [2.75, 3.05) is 19.2 Å². The van der Waals surface area contributed by atoms with Crippen LogP contribution in [0.3, 0.4) is 0 Å². The lowest BCUT2D eigenvalue weighted by Crippen LogP contribution is -2.17. The van der Waals surface area contributed by atoms with Crippen molar-refractivity contribution in [1.29, 1.82) is 0 Å². The molecule has 0 amide bonds. The lowest BCUT2D eigenvalue weighted by atomic mass is 10.2. The van der Waals surface area contributed by atoms with Gasteiger partial charge in [0.1, 0.15) is 5.75 Å². The molecule has 1 atom stereocenters. The summed E-state index contributed by atoms with van der Waals surface area (Å²) in [6, 6.07) is 11.4. The van der Waals surface area contributed by atoms with E-state index in [0.717, 1.165) is 5.56 Å². The quantitative estimate of drug-likeness (QED) is 0.462. The molecule has 3 aromatic rings. The first-order valence-electron chi connectivity index (χ1n) is 9.23. The lowest BCUT2D eigenvalue weighted by Gasteiger charge is -2.10. The summed E-state index contributed by atoms with van der Waals surface area (Å²) < 4.78 is 50.4. The van der Waals surface area contributed by atoms with E-state index in [1.54, 1.807) is 12.1 Å². The van der Waals surface area contributed by atoms with E-state index in [1.807, 2.05) is 18.2 Å². The van der Waals surface area contributed by atoms with Crippen LogP contribution >= 0.6 is 11.8 Å². The molecule has 0 bridgehead atoms. The van der Waals surface area contributed by atoms with E-state index in [0.29, 0.717) is 29.4 Å². The summed E-state index contributed by atoms with van der Waals surface area (Å²) in [6.45, 7) is -2.21. The molecule has 2 aromatic carbocycles. The molecule has 8 nitrogen and oxygen atoms in total. The molecule has 4 rings (SSSR count). The molecule has 0 spiro atoms. The Morgan fingerprint density at radius 3 is 2.68 bits per heavy atom. The summed E-state index contributed by atoms with van der Waals surface area (Å²) >= 11 is 1.19. The van der Waals surface area contributed by atoms with Gasteiger partial charge in [0.25, 0.3) is 5.22 Å². The van der Waals surface area contributed by atoms with Crippen molar-refractivity contribution in [3.8, 4) is 28.7 Å². The Morgan fingerprint density at radius 1 is 1.06 bits per heavy atom. The van der Waals surface area contributed by atoms with E-state index >= 15 is 0 Å². The maximum Gasteiger partial charge on any atom is 0.387 e. The van der Waals surface area contributed by atoms with E-state index in [9.17, 15) is 13.9 Å². The number of rotatable bonds is 10. The zero-order chi connectivity index (χ0) is 21.6. The van der Waals surface area contributed by atoms with Crippen LogP contribution in [0.5, 0.6) is 17.2 Å². The zero-order valence-electron chi connectivity index (χ0n) is 16.1. The molecule has 1 aliphatic rings. The van der Waals surface area contributed by atoms with Crippen LogP contribution in [0.4, 0.5) is 8.78 Å². The second kappa shape index (κ2) is 9.94. The molecule has 0 saturated carbocycles. The fourth-order valence-electron chi connectivity index (χ4n) is 2.72. The average molecular weight is 452 g/mol. The predicted octanol–water partition coefficient (Wildman–Crippen LogP) is 3.74. The Morgan fingerprint density at radius 2 is 1.87 bits per heavy atom. The predicted molar refractivity (Wildman–Crippen MR) is 105 cm³/mol. The number of halogens is 2. The van der Waals surface area contributed by atoms with Crippen molar-refractivity contribution < 1.29 is 37.3 Å². The monoisotopic (exact) mass is 452 g/mol. The van der Waals surface area contributed by atoms with Crippen molar-refractivity contribution in [1.82, 2.24) is 10.2 Å². The average Bonchev–Trinajstić information content (AvgIpc) is 3.41. The molecule has 31 heavy (non-hydrogen) atoms. The third-order valence-corrected chi connectivity index (χ3v) is 5.11. The van der Waals surface area contributed by atoms with Gasteiger partial charge in [0.2, 0.25) is 12.7 Å². The fourth-order valence-corrected chi connectivity index (χ4v) is 3.39. The first-order chi connectivity index (χ1) is 15.1. The molecule has 0 saturated heterocycles. The number of aliphatic hydroxyl groups excluding tert-OH is 1. The van der Waals surface area contributed by atoms with Crippen molar-refractivity contribution in [2.45, 2.75) is 24.5 Å². The minimum Gasteiger partial charge on any atom is -0.454 e. The highest BCUT2D eigenvalue weighted by atomic mass is 32.2. The number of benzene rings is 2. The number of alkyl halides is 2. The first kappa shape index (κ1) is 21.3. The summed E-state index contributed by atoms with van der Waals surface area (Å²) in [5, 5.41) is 18.2. The maximum absolute atomic E-state index is 12.2. The molecule has 11 heteroatoms. The molecular formula is C20H18F2N2O6S. The minimum absolute atomic E-state index is 0.0386. The Labute approximate surface area is 180 Å². The SMILES string of the molecule is O[C@@H](COCc1ccc2c(c1)OCO2)CSc1nnc(-c2ccc(OC(F)F)cc2)o1. The highest BCUT2D eigenvalue weighted by Gasteiger charge is 2.15. The molecule has 0 fully saturated rings. The van der Waals surface area contributed by atoms with Crippen LogP contribution in [-0.2, 0) is 11.3 Å². The highest BCUT2D eigenvalue weighted by Crippen LogP contribution is 2.32. The fraction of sp³-hybridized carbons (Fsp3) is 0.300. The van der Waals surface area contributed by atoms with Gasteiger partial charge in [-0.2, -0.15) is 8.78 Å². The van der Waals surface area contributed by atoms with E-state index in [2.05, 4.69) is 14.9 Å². The molecule has 164 valence electrons. The third kappa shape index (κ3) is 5.84. The Bertz CT molecular complexity index is 1000. The van der Waals surface area contributed by atoms with Gasteiger partial charge in [-0.1, -0.05) is 17.8 Å². The van der Waals surface area contributed by atoms with Crippen molar-refractivity contribution >= 4 is 11.8 Å². The summed E-state index contributed by atoms with van der Waals surface area (Å²) in [4.78, 5) is 0. The van der Waals surface area contributed by atoms with Gasteiger partial charge >= 0.3 is 6.61 Å². The van der Waals surface area contributed by atoms with Crippen LogP contribution < -0.4 is 14.2 Å². The summed E-state index contributed by atoms with van der Waals surface area (Å²) in [5.74, 6) is 1.96. The number of aromatic nitrogens is 2. The number of hydrogen-bond donors (Lipinski definition) is 1. The molecular weight excluding hydrogens is 434 g/mol. The molecule has 0 radical (unpaired) electrons. The van der Waals surface area contributed by atoms with Crippen LogP contribution in [0, 0.1) is 0 Å². The Hall–Kier alpha value is -2.89. The van der Waals surface area contributed by atoms with Crippen LogP contribution in [-0.4, -0.2) is 47.2 Å². The van der Waals surface area contributed by atoms with E-state index in [1.165, 1.54) is 23.9 Å². The van der Waals surface area contributed by atoms with Crippen LogP contribution in [0.25, 0.3) is 11.5 Å². The van der Waals surface area contributed by atoms with Gasteiger partial charge < -0.3 is 28.5 Å². The van der Waals surface area contributed by atoms with Gasteiger partial charge in [0.05, 0.1) is 19.3 Å².